The highest BCUT2D eigenvalue weighted by Crippen LogP contribution is 2.27. The number of pyridine rings is 1. The molecule has 0 aromatic carbocycles. The van der Waals surface area contributed by atoms with E-state index in [0.717, 1.165) is 22.9 Å². The summed E-state index contributed by atoms with van der Waals surface area (Å²) in [5.41, 5.74) is 1.16. The van der Waals surface area contributed by atoms with Gasteiger partial charge in [-0.2, -0.15) is 13.2 Å². The van der Waals surface area contributed by atoms with E-state index in [4.69, 9.17) is 4.74 Å². The van der Waals surface area contributed by atoms with Crippen molar-refractivity contribution < 1.29 is 31.9 Å². The molecule has 0 aliphatic carbocycles. The summed E-state index contributed by atoms with van der Waals surface area (Å²) < 4.78 is 57.4. The van der Waals surface area contributed by atoms with Gasteiger partial charge in [0.2, 0.25) is 11.7 Å². The summed E-state index contributed by atoms with van der Waals surface area (Å²) in [6.45, 7) is 6.58. The molecule has 2 aromatic rings. The number of hydrogen-bond donors (Lipinski definition) is 1. The van der Waals surface area contributed by atoms with E-state index in [-0.39, 0.29) is 25.1 Å². The van der Waals surface area contributed by atoms with Crippen LogP contribution in [0.25, 0.3) is 11.3 Å². The van der Waals surface area contributed by atoms with Crippen LogP contribution in [0.15, 0.2) is 24.7 Å². The molecule has 2 unspecified atom stereocenters. The molecule has 3 rings (SSSR count). The molecule has 184 valence electrons. The first-order valence-electron chi connectivity index (χ1n) is 10.5. The minimum absolute atomic E-state index is 0.0390. The van der Waals surface area contributed by atoms with Gasteiger partial charge < -0.3 is 10.1 Å². The van der Waals surface area contributed by atoms with Gasteiger partial charge in [0.25, 0.3) is 0 Å². The van der Waals surface area contributed by atoms with E-state index in [2.05, 4.69) is 20.3 Å². The fourth-order valence-corrected chi connectivity index (χ4v) is 3.38. The summed E-state index contributed by atoms with van der Waals surface area (Å²) in [4.78, 5) is 37.1. The summed E-state index contributed by atoms with van der Waals surface area (Å²) in [5.74, 6) is -1.80. The lowest BCUT2D eigenvalue weighted by molar-refractivity contribution is -0.145. The zero-order valence-electron chi connectivity index (χ0n) is 19.1. The molecule has 12 heteroatoms. The smallest absolute Gasteiger partial charge is 0.444 e. The molecule has 0 spiro atoms. The van der Waals surface area contributed by atoms with Crippen LogP contribution in [0.4, 0.5) is 22.4 Å². The van der Waals surface area contributed by atoms with Gasteiger partial charge in [-0.05, 0) is 44.9 Å². The summed E-state index contributed by atoms with van der Waals surface area (Å²) in [5, 5.41) is 2.69. The Bertz CT molecular complexity index is 1050. The third kappa shape index (κ3) is 6.17. The van der Waals surface area contributed by atoms with Gasteiger partial charge in [-0.1, -0.05) is 0 Å². The van der Waals surface area contributed by atoms with E-state index in [1.807, 2.05) is 0 Å². The first kappa shape index (κ1) is 25.3. The molecule has 1 fully saturated rings. The molecule has 2 atom stereocenters. The first-order chi connectivity index (χ1) is 15.7. The number of halogens is 4. The number of hydrogen-bond acceptors (Lipinski definition) is 6. The molecule has 2 aromatic heterocycles. The van der Waals surface area contributed by atoms with E-state index >= 15 is 0 Å². The number of amides is 2. The monoisotopic (exact) mass is 483 g/mol. The summed E-state index contributed by atoms with van der Waals surface area (Å²) in [6, 6.07) is 0.578. The maximum absolute atomic E-state index is 14.0. The Balaban J connectivity index is 1.71. The van der Waals surface area contributed by atoms with Gasteiger partial charge in [0.15, 0.2) is 0 Å². The summed E-state index contributed by atoms with van der Waals surface area (Å²) >= 11 is 0. The molecule has 0 bridgehead atoms. The van der Waals surface area contributed by atoms with Crippen LogP contribution in [-0.2, 0) is 22.3 Å². The molecule has 1 aliphatic heterocycles. The van der Waals surface area contributed by atoms with Gasteiger partial charge in [0.1, 0.15) is 17.8 Å². The Morgan fingerprint density at radius 2 is 1.79 bits per heavy atom. The number of carbonyl (C=O) groups is 2. The van der Waals surface area contributed by atoms with Gasteiger partial charge >= 0.3 is 12.3 Å². The van der Waals surface area contributed by atoms with Crippen LogP contribution in [0.3, 0.4) is 0 Å². The third-order valence-electron chi connectivity index (χ3n) is 5.05. The summed E-state index contributed by atoms with van der Waals surface area (Å²) in [7, 11) is 0. The lowest BCUT2D eigenvalue weighted by Crippen LogP contribution is -2.47. The Morgan fingerprint density at radius 1 is 1.15 bits per heavy atom. The number of alkyl halides is 4. The van der Waals surface area contributed by atoms with Gasteiger partial charge in [-0.15, -0.1) is 0 Å². The number of ether oxygens (including phenoxy) is 1. The molecule has 34 heavy (non-hydrogen) atoms. The normalized spacial score (nSPS) is 18.6. The van der Waals surface area contributed by atoms with Gasteiger partial charge in [0, 0.05) is 37.1 Å². The van der Waals surface area contributed by atoms with Crippen molar-refractivity contribution >= 4 is 12.0 Å². The van der Waals surface area contributed by atoms with Crippen molar-refractivity contribution in [3.8, 4) is 11.3 Å². The van der Waals surface area contributed by atoms with E-state index in [0.29, 0.717) is 11.3 Å². The highest BCUT2D eigenvalue weighted by Gasteiger charge is 2.41. The standard InChI is InChI=1S/C22H25F4N5O3/c1-12-7-27-16(14-9-29-19(30-10-14)22(24,25)26)5-13(12)8-28-18(32)17-6-15(23)11-31(17)20(33)34-21(2,3)4/h5,7,9-10,15,17H,6,8,11H2,1-4H3,(H,28,32). The third-order valence-corrected chi connectivity index (χ3v) is 5.05. The van der Waals surface area contributed by atoms with Crippen molar-refractivity contribution in [2.24, 2.45) is 0 Å². The topological polar surface area (TPSA) is 97.3 Å². The zero-order chi connectivity index (χ0) is 25.3. The van der Waals surface area contributed by atoms with Gasteiger partial charge in [-0.3, -0.25) is 14.7 Å². The molecule has 0 radical (unpaired) electrons. The van der Waals surface area contributed by atoms with Gasteiger partial charge in [0.05, 0.1) is 12.2 Å². The lowest BCUT2D eigenvalue weighted by atomic mass is 10.1. The van der Waals surface area contributed by atoms with Crippen LogP contribution >= 0.6 is 0 Å². The number of nitrogens with one attached hydrogen (secondary N) is 1. The van der Waals surface area contributed by atoms with E-state index < -0.39 is 41.8 Å². The number of carbonyl (C=O) groups excluding carboxylic acids is 2. The highest BCUT2D eigenvalue weighted by atomic mass is 19.4. The van der Waals surface area contributed by atoms with Crippen molar-refractivity contribution in [2.75, 3.05) is 6.54 Å². The van der Waals surface area contributed by atoms with E-state index in [1.54, 1.807) is 33.8 Å². The number of aryl methyl sites for hydroxylation is 1. The predicted molar refractivity (Wildman–Crippen MR) is 113 cm³/mol. The Morgan fingerprint density at radius 3 is 2.38 bits per heavy atom. The summed E-state index contributed by atoms with van der Waals surface area (Å²) in [6.07, 6.45) is -3.36. The van der Waals surface area contributed by atoms with Crippen LogP contribution in [0.5, 0.6) is 0 Å². The van der Waals surface area contributed by atoms with Crippen molar-refractivity contribution in [3.05, 3.63) is 41.6 Å². The second-order valence-corrected chi connectivity index (χ2v) is 8.99. The zero-order valence-corrected chi connectivity index (χ0v) is 19.1. The molecule has 8 nitrogen and oxygen atoms in total. The van der Waals surface area contributed by atoms with Crippen LogP contribution < -0.4 is 5.32 Å². The Hall–Kier alpha value is -3.31. The molecule has 3 heterocycles. The molecule has 2 amide bonds. The fraction of sp³-hybridized carbons (Fsp3) is 0.500. The average molecular weight is 483 g/mol. The number of nitrogens with zero attached hydrogens (tertiary/aromatic N) is 4. The number of likely N-dealkylation sites (tertiary alicyclic amines) is 1. The maximum Gasteiger partial charge on any atom is 0.451 e. The second kappa shape index (κ2) is 9.51. The number of rotatable bonds is 4. The molecular formula is C22H25F4N5O3. The van der Waals surface area contributed by atoms with Crippen molar-refractivity contribution in [3.63, 3.8) is 0 Å². The molecule has 1 N–H and O–H groups in total. The van der Waals surface area contributed by atoms with Crippen molar-refractivity contribution in [1.29, 1.82) is 0 Å². The average Bonchev–Trinajstić information content (AvgIpc) is 3.13. The van der Waals surface area contributed by atoms with E-state index in [1.165, 1.54) is 6.20 Å². The van der Waals surface area contributed by atoms with Crippen molar-refractivity contribution in [1.82, 2.24) is 25.2 Å². The molecular weight excluding hydrogens is 458 g/mol. The second-order valence-electron chi connectivity index (χ2n) is 8.99. The largest absolute Gasteiger partial charge is 0.451 e. The minimum Gasteiger partial charge on any atom is -0.444 e. The number of aromatic nitrogens is 3. The predicted octanol–water partition coefficient (Wildman–Crippen LogP) is 3.83. The Labute approximate surface area is 193 Å². The van der Waals surface area contributed by atoms with Crippen LogP contribution in [0, 0.1) is 6.92 Å². The molecule has 1 aliphatic rings. The first-order valence-corrected chi connectivity index (χ1v) is 10.5. The van der Waals surface area contributed by atoms with Crippen molar-refractivity contribution in [2.45, 2.75) is 64.7 Å². The van der Waals surface area contributed by atoms with Crippen LogP contribution in [0.1, 0.15) is 44.1 Å². The van der Waals surface area contributed by atoms with Crippen LogP contribution in [-0.4, -0.2) is 56.2 Å². The molecule has 0 saturated carbocycles. The lowest BCUT2D eigenvalue weighted by Gasteiger charge is -2.27. The van der Waals surface area contributed by atoms with E-state index in [9.17, 15) is 27.2 Å². The SMILES string of the molecule is Cc1cnc(-c2cnc(C(F)(F)F)nc2)cc1CNC(=O)C1CC(F)CN1C(=O)OC(C)(C)C. The minimum atomic E-state index is -4.65. The Kier molecular flexibility index (Phi) is 7.08. The molecule has 1 saturated heterocycles. The fourth-order valence-electron chi connectivity index (χ4n) is 3.38. The maximum atomic E-state index is 14.0. The quantitative estimate of drug-likeness (QED) is 0.664. The van der Waals surface area contributed by atoms with Crippen LogP contribution in [0.2, 0.25) is 0 Å². The van der Waals surface area contributed by atoms with Gasteiger partial charge in [-0.25, -0.2) is 19.2 Å². The highest BCUT2D eigenvalue weighted by molar-refractivity contribution is 5.86.